The number of amides is 2. The van der Waals surface area contributed by atoms with Crippen LogP contribution in [0, 0.1) is 23.7 Å². The first kappa shape index (κ1) is 18.4. The largest absolute Gasteiger partial charge is 0.356 e. The smallest absolute Gasteiger partial charge is 0.226 e. The van der Waals surface area contributed by atoms with Crippen LogP contribution in [0.25, 0.3) is 0 Å². The van der Waals surface area contributed by atoms with E-state index in [1.807, 2.05) is 34.6 Å². The van der Waals surface area contributed by atoms with Crippen LogP contribution in [0.15, 0.2) is 12.4 Å². The second-order valence-corrected chi connectivity index (χ2v) is 7.37. The number of nitrogens with zero attached hydrogens (tertiary/aromatic N) is 2. The maximum absolute atomic E-state index is 12.9. The Kier molecular flexibility index (Phi) is 5.26. The minimum Gasteiger partial charge on any atom is -0.356 e. The minimum atomic E-state index is -0.582. The number of aromatic nitrogens is 2. The van der Waals surface area contributed by atoms with Crippen LogP contribution in [-0.4, -0.2) is 28.3 Å². The van der Waals surface area contributed by atoms with E-state index in [-0.39, 0.29) is 17.7 Å². The molecule has 0 aromatic carbocycles. The third-order valence-corrected chi connectivity index (χ3v) is 5.66. The van der Waals surface area contributed by atoms with Crippen LogP contribution < -0.4 is 10.6 Å². The summed E-state index contributed by atoms with van der Waals surface area (Å²) in [5, 5.41) is 5.87. The van der Waals surface area contributed by atoms with Gasteiger partial charge in [0.05, 0.1) is 29.5 Å². The van der Waals surface area contributed by atoms with Crippen LogP contribution in [0.2, 0.25) is 0 Å². The topological polar surface area (TPSA) is 84.0 Å². The molecule has 132 valence electrons. The zero-order valence-electron chi connectivity index (χ0n) is 15.3. The fraction of sp³-hybridized carbons (Fsp3) is 0.667. The zero-order chi connectivity index (χ0) is 18.0. The monoisotopic (exact) mass is 332 g/mol. The third kappa shape index (κ3) is 3.28. The molecular formula is C18H28N4O2. The molecule has 24 heavy (non-hydrogen) atoms. The Morgan fingerprint density at radius 2 is 1.92 bits per heavy atom. The predicted molar refractivity (Wildman–Crippen MR) is 91.9 cm³/mol. The summed E-state index contributed by atoms with van der Waals surface area (Å²) in [5.41, 5.74) is 0.586. The van der Waals surface area contributed by atoms with Crippen LogP contribution in [0.1, 0.15) is 51.9 Å². The number of carbonyl (C=O) groups is 2. The molecule has 1 aromatic heterocycles. The first-order valence-corrected chi connectivity index (χ1v) is 8.56. The van der Waals surface area contributed by atoms with E-state index in [1.165, 1.54) is 0 Å². The predicted octanol–water partition coefficient (Wildman–Crippen LogP) is 1.98. The van der Waals surface area contributed by atoms with Crippen LogP contribution in [-0.2, 0) is 16.1 Å². The first-order chi connectivity index (χ1) is 11.2. The second-order valence-electron chi connectivity index (χ2n) is 7.37. The lowest BCUT2D eigenvalue weighted by Crippen LogP contribution is -2.49. The zero-order valence-corrected chi connectivity index (χ0v) is 15.3. The molecule has 0 aliphatic heterocycles. The van der Waals surface area contributed by atoms with Crippen molar-refractivity contribution in [3.8, 4) is 0 Å². The molecule has 1 fully saturated rings. The molecule has 2 atom stereocenters. The first-order valence-electron chi connectivity index (χ1n) is 8.56. The van der Waals surface area contributed by atoms with E-state index >= 15 is 0 Å². The van der Waals surface area contributed by atoms with Gasteiger partial charge in [-0.25, -0.2) is 0 Å². The van der Waals surface area contributed by atoms with Crippen molar-refractivity contribution in [3.05, 3.63) is 23.8 Å². The molecule has 2 amide bonds. The fourth-order valence-corrected chi connectivity index (χ4v) is 3.54. The van der Waals surface area contributed by atoms with Gasteiger partial charge in [0.2, 0.25) is 11.8 Å². The van der Waals surface area contributed by atoms with E-state index in [0.29, 0.717) is 19.5 Å². The molecule has 2 N–H and O–H groups in total. The highest BCUT2D eigenvalue weighted by molar-refractivity contribution is 5.87. The lowest BCUT2D eigenvalue weighted by atomic mass is 9.65. The van der Waals surface area contributed by atoms with Gasteiger partial charge in [-0.15, -0.1) is 0 Å². The normalized spacial score (nSPS) is 25.3. The van der Waals surface area contributed by atoms with E-state index in [9.17, 15) is 9.59 Å². The van der Waals surface area contributed by atoms with Crippen molar-refractivity contribution < 1.29 is 9.59 Å². The van der Waals surface area contributed by atoms with E-state index in [0.717, 1.165) is 17.8 Å². The number of carbonyl (C=O) groups excluding carboxylic acids is 2. The maximum Gasteiger partial charge on any atom is 0.226 e. The molecule has 0 spiro atoms. The summed E-state index contributed by atoms with van der Waals surface area (Å²) in [5.74, 6) is -0.127. The van der Waals surface area contributed by atoms with Gasteiger partial charge >= 0.3 is 0 Å². The van der Waals surface area contributed by atoms with Gasteiger partial charge in [-0.2, -0.15) is 0 Å². The fourth-order valence-electron chi connectivity index (χ4n) is 3.54. The molecule has 2 rings (SSSR count). The molecule has 0 saturated heterocycles. The van der Waals surface area contributed by atoms with Gasteiger partial charge in [-0.1, -0.05) is 20.8 Å². The van der Waals surface area contributed by atoms with E-state index in [4.69, 9.17) is 0 Å². The maximum atomic E-state index is 12.9. The highest BCUT2D eigenvalue weighted by atomic mass is 16.2. The van der Waals surface area contributed by atoms with Crippen LogP contribution >= 0.6 is 0 Å². The number of aryl methyl sites for hydroxylation is 1. The van der Waals surface area contributed by atoms with Crippen LogP contribution in [0.5, 0.6) is 0 Å². The molecule has 0 radical (unpaired) electrons. The number of rotatable bonds is 5. The quantitative estimate of drug-likeness (QED) is 0.863. The molecule has 1 aliphatic carbocycles. The highest BCUT2D eigenvalue weighted by Gasteiger charge is 2.57. The molecule has 0 bridgehead atoms. The van der Waals surface area contributed by atoms with Crippen molar-refractivity contribution in [2.24, 2.45) is 16.7 Å². The van der Waals surface area contributed by atoms with Gasteiger partial charge in [-0.05, 0) is 32.1 Å². The summed E-state index contributed by atoms with van der Waals surface area (Å²) >= 11 is 0. The van der Waals surface area contributed by atoms with Crippen molar-refractivity contribution in [3.63, 3.8) is 0 Å². The molecule has 1 saturated carbocycles. The Hall–Kier alpha value is -1.98. The summed E-state index contributed by atoms with van der Waals surface area (Å²) in [6.07, 6.45) is 4.80. The summed E-state index contributed by atoms with van der Waals surface area (Å²) in [4.78, 5) is 33.6. The van der Waals surface area contributed by atoms with Gasteiger partial charge in [0.1, 0.15) is 0 Å². The third-order valence-electron chi connectivity index (χ3n) is 5.66. The van der Waals surface area contributed by atoms with E-state index < -0.39 is 10.8 Å². The Balaban J connectivity index is 2.07. The minimum absolute atomic E-state index is 0.0262. The molecule has 6 nitrogen and oxygen atoms in total. The molecule has 1 aliphatic rings. The molecule has 0 unspecified atom stereocenters. The van der Waals surface area contributed by atoms with Gasteiger partial charge < -0.3 is 10.6 Å². The second kappa shape index (κ2) is 6.87. The summed E-state index contributed by atoms with van der Waals surface area (Å²) in [6.45, 7) is 10.7. The molecule has 1 aromatic rings. The molecule has 6 heteroatoms. The number of hydrogen-bond acceptors (Lipinski definition) is 4. The summed E-state index contributed by atoms with van der Waals surface area (Å²) in [6, 6.07) is 0. The van der Waals surface area contributed by atoms with Crippen molar-refractivity contribution in [2.45, 2.75) is 54.0 Å². The Labute approximate surface area is 143 Å². The Morgan fingerprint density at radius 3 is 2.50 bits per heavy atom. The average molecular weight is 332 g/mol. The van der Waals surface area contributed by atoms with Crippen molar-refractivity contribution in [1.82, 2.24) is 20.6 Å². The van der Waals surface area contributed by atoms with Gasteiger partial charge in [0.25, 0.3) is 0 Å². The lowest BCUT2D eigenvalue weighted by Gasteiger charge is -2.39. The Morgan fingerprint density at radius 1 is 1.21 bits per heavy atom. The molecule has 1 heterocycles. The van der Waals surface area contributed by atoms with Gasteiger partial charge in [0.15, 0.2) is 0 Å². The standard InChI is InChI=1S/C18H28N4O2/c1-6-19-15(23)14-7-8-18(5,17(14,3)4)16(24)22-11-13-10-20-12(2)9-21-13/h9-10,14H,6-8,11H2,1-5H3,(H,19,23)(H,22,24)/t14-,18+/m1/s1. The van der Waals surface area contributed by atoms with Gasteiger partial charge in [-0.3, -0.25) is 19.6 Å². The molecular weight excluding hydrogens is 304 g/mol. The average Bonchev–Trinajstić information content (AvgIpc) is 2.78. The van der Waals surface area contributed by atoms with E-state index in [2.05, 4.69) is 20.6 Å². The highest BCUT2D eigenvalue weighted by Crippen LogP contribution is 2.56. The van der Waals surface area contributed by atoms with Crippen molar-refractivity contribution in [1.29, 1.82) is 0 Å². The van der Waals surface area contributed by atoms with Gasteiger partial charge in [0, 0.05) is 18.7 Å². The SMILES string of the molecule is CCNC(=O)[C@H]1CC[C@@](C)(C(=O)NCc2cnc(C)cn2)C1(C)C. The van der Waals surface area contributed by atoms with E-state index in [1.54, 1.807) is 12.4 Å². The van der Waals surface area contributed by atoms with Crippen LogP contribution in [0.4, 0.5) is 0 Å². The van der Waals surface area contributed by atoms with Crippen molar-refractivity contribution >= 4 is 11.8 Å². The number of hydrogen-bond donors (Lipinski definition) is 2. The summed E-state index contributed by atoms with van der Waals surface area (Å²) in [7, 11) is 0. The van der Waals surface area contributed by atoms with Crippen LogP contribution in [0.3, 0.4) is 0 Å². The summed E-state index contributed by atoms with van der Waals surface area (Å²) < 4.78 is 0. The Bertz CT molecular complexity index is 612. The van der Waals surface area contributed by atoms with Crippen molar-refractivity contribution in [2.75, 3.05) is 6.54 Å². The number of nitrogens with one attached hydrogen (secondary N) is 2. The lowest BCUT2D eigenvalue weighted by molar-refractivity contribution is -0.139.